The topological polar surface area (TPSA) is 34.1 Å². The van der Waals surface area contributed by atoms with Crippen LogP contribution in [0, 0.1) is 0 Å². The van der Waals surface area contributed by atoms with E-state index < -0.39 is 0 Å². The van der Waals surface area contributed by atoms with Gasteiger partial charge in [0.1, 0.15) is 0 Å². The van der Waals surface area contributed by atoms with Gasteiger partial charge in [0.05, 0.1) is 9.81 Å². The number of hydrogen-bond donors (Lipinski definition) is 0. The van der Waals surface area contributed by atoms with E-state index in [0.717, 1.165) is 4.24 Å². The standard InChI is InChI=1S/C15H12O2S2/c1-2-6-12(16)13(15-18-9-10-19-15)14(17)11-7-4-3-5-8-11/h2-10H,1H3/b6-2+. The van der Waals surface area contributed by atoms with Crippen LogP contribution in [0.5, 0.6) is 0 Å². The van der Waals surface area contributed by atoms with Crippen molar-refractivity contribution in [3.8, 4) is 0 Å². The molecule has 0 bridgehead atoms. The molecule has 0 atom stereocenters. The minimum Gasteiger partial charge on any atom is -0.289 e. The molecular weight excluding hydrogens is 276 g/mol. The third-order valence-electron chi connectivity index (χ3n) is 2.44. The Morgan fingerprint density at radius 2 is 1.68 bits per heavy atom. The molecule has 0 saturated carbocycles. The molecule has 0 amide bonds. The summed E-state index contributed by atoms with van der Waals surface area (Å²) in [5, 5.41) is 3.75. The van der Waals surface area contributed by atoms with Crippen molar-refractivity contribution in [2.24, 2.45) is 0 Å². The second-order valence-electron chi connectivity index (χ2n) is 3.73. The van der Waals surface area contributed by atoms with E-state index in [9.17, 15) is 9.59 Å². The molecule has 0 fully saturated rings. The molecule has 4 heteroatoms. The largest absolute Gasteiger partial charge is 0.289 e. The third-order valence-corrected chi connectivity index (χ3v) is 4.57. The second kappa shape index (κ2) is 6.59. The van der Waals surface area contributed by atoms with Crippen LogP contribution in [0.4, 0.5) is 0 Å². The van der Waals surface area contributed by atoms with Crippen LogP contribution in [0.3, 0.4) is 0 Å². The number of carbonyl (C=O) groups excluding carboxylic acids is 2. The van der Waals surface area contributed by atoms with Gasteiger partial charge in [-0.1, -0.05) is 59.9 Å². The highest BCUT2D eigenvalue weighted by molar-refractivity contribution is 8.27. The lowest BCUT2D eigenvalue weighted by atomic mass is 10.0. The van der Waals surface area contributed by atoms with Gasteiger partial charge in [0.2, 0.25) is 0 Å². The highest BCUT2D eigenvalue weighted by Crippen LogP contribution is 2.40. The Morgan fingerprint density at radius 3 is 2.26 bits per heavy atom. The van der Waals surface area contributed by atoms with E-state index in [2.05, 4.69) is 0 Å². The normalized spacial score (nSPS) is 14.1. The quantitative estimate of drug-likeness (QED) is 0.360. The summed E-state index contributed by atoms with van der Waals surface area (Å²) in [6.07, 6.45) is 3.08. The van der Waals surface area contributed by atoms with E-state index >= 15 is 0 Å². The van der Waals surface area contributed by atoms with Crippen molar-refractivity contribution in [2.45, 2.75) is 6.92 Å². The number of carbonyl (C=O) groups is 2. The van der Waals surface area contributed by atoms with Gasteiger partial charge in [-0.25, -0.2) is 0 Å². The molecule has 0 aliphatic carbocycles. The maximum Gasteiger partial charge on any atom is 0.198 e. The molecule has 0 spiro atoms. The molecule has 0 aromatic heterocycles. The molecule has 0 unspecified atom stereocenters. The summed E-state index contributed by atoms with van der Waals surface area (Å²) < 4.78 is 0.747. The molecule has 1 heterocycles. The van der Waals surface area contributed by atoms with Crippen LogP contribution in [0.15, 0.2) is 63.1 Å². The van der Waals surface area contributed by atoms with Gasteiger partial charge in [-0.3, -0.25) is 9.59 Å². The second-order valence-corrected chi connectivity index (χ2v) is 5.82. The van der Waals surface area contributed by atoms with Crippen LogP contribution < -0.4 is 0 Å². The monoisotopic (exact) mass is 288 g/mol. The average molecular weight is 288 g/mol. The number of ketones is 2. The van der Waals surface area contributed by atoms with Crippen molar-refractivity contribution in [3.63, 3.8) is 0 Å². The molecule has 1 aliphatic heterocycles. The Kier molecular flexibility index (Phi) is 4.82. The van der Waals surface area contributed by atoms with Crippen LogP contribution in [-0.2, 0) is 4.79 Å². The zero-order valence-electron chi connectivity index (χ0n) is 10.3. The summed E-state index contributed by atoms with van der Waals surface area (Å²) in [7, 11) is 0. The first-order chi connectivity index (χ1) is 9.24. The molecule has 0 N–H and O–H groups in total. The SMILES string of the molecule is C/C=C/C(=O)C(C(=O)c1ccccc1)=C1SC=CS1. The fraction of sp³-hybridized carbons (Fsp3) is 0.0667. The number of rotatable bonds is 4. The van der Waals surface area contributed by atoms with Gasteiger partial charge < -0.3 is 0 Å². The lowest BCUT2D eigenvalue weighted by molar-refractivity contribution is -0.111. The fourth-order valence-electron chi connectivity index (χ4n) is 1.60. The lowest BCUT2D eigenvalue weighted by Gasteiger charge is -2.06. The summed E-state index contributed by atoms with van der Waals surface area (Å²) in [5.41, 5.74) is 0.792. The van der Waals surface area contributed by atoms with Crippen molar-refractivity contribution < 1.29 is 9.59 Å². The first-order valence-corrected chi connectivity index (χ1v) is 7.49. The maximum atomic E-state index is 12.5. The lowest BCUT2D eigenvalue weighted by Crippen LogP contribution is -2.12. The number of hydrogen-bond acceptors (Lipinski definition) is 4. The number of benzene rings is 1. The number of allylic oxidation sites excluding steroid dienone is 3. The Morgan fingerprint density at radius 1 is 1.05 bits per heavy atom. The molecule has 96 valence electrons. The van der Waals surface area contributed by atoms with Crippen molar-refractivity contribution in [2.75, 3.05) is 0 Å². The Labute approximate surface area is 120 Å². The smallest absolute Gasteiger partial charge is 0.198 e. The van der Waals surface area contributed by atoms with Gasteiger partial charge in [0, 0.05) is 5.56 Å². The van der Waals surface area contributed by atoms with E-state index in [1.165, 1.54) is 29.6 Å². The first-order valence-electron chi connectivity index (χ1n) is 5.73. The average Bonchev–Trinajstić information content (AvgIpc) is 2.94. The van der Waals surface area contributed by atoms with E-state index in [1.54, 1.807) is 37.3 Å². The molecule has 1 aliphatic rings. The van der Waals surface area contributed by atoms with Gasteiger partial charge in [-0.05, 0) is 23.8 Å². The van der Waals surface area contributed by atoms with Crippen molar-refractivity contribution >= 4 is 35.1 Å². The van der Waals surface area contributed by atoms with Gasteiger partial charge >= 0.3 is 0 Å². The maximum absolute atomic E-state index is 12.5. The van der Waals surface area contributed by atoms with E-state index in [0.29, 0.717) is 5.56 Å². The minimum absolute atomic E-state index is 0.220. The molecule has 1 aromatic rings. The molecular formula is C15H12O2S2. The van der Waals surface area contributed by atoms with Crippen LogP contribution in [0.25, 0.3) is 0 Å². The molecule has 2 rings (SSSR count). The molecule has 19 heavy (non-hydrogen) atoms. The molecule has 1 aromatic carbocycles. The van der Waals surface area contributed by atoms with Crippen molar-refractivity contribution in [3.05, 3.63) is 68.7 Å². The number of thioether (sulfide) groups is 2. The van der Waals surface area contributed by atoms with Gasteiger partial charge in [0.15, 0.2) is 11.6 Å². The molecule has 2 nitrogen and oxygen atoms in total. The third kappa shape index (κ3) is 3.28. The van der Waals surface area contributed by atoms with Crippen LogP contribution in [-0.4, -0.2) is 11.6 Å². The van der Waals surface area contributed by atoms with E-state index in [1.807, 2.05) is 16.9 Å². The zero-order chi connectivity index (χ0) is 13.7. The van der Waals surface area contributed by atoms with E-state index in [4.69, 9.17) is 0 Å². The van der Waals surface area contributed by atoms with E-state index in [-0.39, 0.29) is 17.1 Å². The number of Topliss-reactive ketones (excluding diaryl/α,β-unsaturated/α-hetero) is 1. The fourth-order valence-corrected chi connectivity index (χ4v) is 3.47. The summed E-state index contributed by atoms with van der Waals surface area (Å²) in [6, 6.07) is 8.89. The van der Waals surface area contributed by atoms with Crippen molar-refractivity contribution in [1.29, 1.82) is 0 Å². The Bertz CT molecular complexity index is 573. The van der Waals surface area contributed by atoms with Crippen LogP contribution >= 0.6 is 23.5 Å². The summed E-state index contributed by atoms with van der Waals surface area (Å²) in [6.45, 7) is 1.76. The molecule has 0 saturated heterocycles. The predicted molar refractivity (Wildman–Crippen MR) is 81.9 cm³/mol. The van der Waals surface area contributed by atoms with Crippen molar-refractivity contribution in [1.82, 2.24) is 0 Å². The highest BCUT2D eigenvalue weighted by Gasteiger charge is 2.23. The Balaban J connectivity index is 2.42. The Hall–Kier alpha value is -1.52. The van der Waals surface area contributed by atoms with Crippen LogP contribution in [0.1, 0.15) is 17.3 Å². The summed E-state index contributed by atoms with van der Waals surface area (Å²) >= 11 is 2.83. The van der Waals surface area contributed by atoms with Gasteiger partial charge in [-0.15, -0.1) is 0 Å². The van der Waals surface area contributed by atoms with Gasteiger partial charge in [0.25, 0.3) is 0 Å². The zero-order valence-corrected chi connectivity index (χ0v) is 12.0. The van der Waals surface area contributed by atoms with Gasteiger partial charge in [-0.2, -0.15) is 0 Å². The summed E-state index contributed by atoms with van der Waals surface area (Å²) in [4.78, 5) is 24.6. The predicted octanol–water partition coefficient (Wildman–Crippen LogP) is 4.18. The molecule has 0 radical (unpaired) electrons. The first kappa shape index (κ1) is 13.9. The van der Waals surface area contributed by atoms with Crippen LogP contribution in [0.2, 0.25) is 0 Å². The summed E-state index contributed by atoms with van der Waals surface area (Å²) in [5.74, 6) is -0.461. The highest BCUT2D eigenvalue weighted by atomic mass is 32.2. The minimum atomic E-state index is -0.241.